The van der Waals surface area contributed by atoms with Crippen molar-refractivity contribution in [3.05, 3.63) is 17.5 Å². The number of nitrogens with two attached hydrogens (primary N) is 1. The Balaban J connectivity index is 2.30. The summed E-state index contributed by atoms with van der Waals surface area (Å²) >= 11 is 0. The van der Waals surface area contributed by atoms with E-state index in [9.17, 15) is 4.79 Å². The van der Waals surface area contributed by atoms with Gasteiger partial charge in [0.2, 0.25) is 5.91 Å². The topological polar surface area (TPSA) is 73.4 Å². The number of aryl methyl sites for hydroxylation is 2. The molecule has 0 saturated carbocycles. The SMILES string of the molecule is COCCN1C(=O)CCC(N)C1c1cn(C)nc1C. The van der Waals surface area contributed by atoms with Gasteiger partial charge in [-0.15, -0.1) is 0 Å². The van der Waals surface area contributed by atoms with Gasteiger partial charge in [0.15, 0.2) is 0 Å². The van der Waals surface area contributed by atoms with Gasteiger partial charge in [0, 0.05) is 44.9 Å². The molecule has 0 aromatic carbocycles. The number of amides is 1. The van der Waals surface area contributed by atoms with Crippen LogP contribution in [0.4, 0.5) is 0 Å². The second-order valence-electron chi connectivity index (χ2n) is 5.07. The third kappa shape index (κ3) is 2.79. The molecule has 2 rings (SSSR count). The molecule has 1 aromatic heterocycles. The molecule has 0 spiro atoms. The summed E-state index contributed by atoms with van der Waals surface area (Å²) in [5.74, 6) is 0.145. The van der Waals surface area contributed by atoms with Crippen molar-refractivity contribution in [1.29, 1.82) is 0 Å². The molecule has 0 bridgehead atoms. The van der Waals surface area contributed by atoms with Crippen molar-refractivity contribution in [1.82, 2.24) is 14.7 Å². The highest BCUT2D eigenvalue weighted by Gasteiger charge is 2.36. The van der Waals surface area contributed by atoms with E-state index in [0.29, 0.717) is 19.6 Å². The van der Waals surface area contributed by atoms with E-state index in [1.165, 1.54) is 0 Å². The van der Waals surface area contributed by atoms with E-state index < -0.39 is 0 Å². The van der Waals surface area contributed by atoms with Crippen LogP contribution in [0.25, 0.3) is 0 Å². The highest BCUT2D eigenvalue weighted by Crippen LogP contribution is 2.32. The van der Waals surface area contributed by atoms with Crippen LogP contribution in [0.5, 0.6) is 0 Å². The molecule has 1 aliphatic rings. The Labute approximate surface area is 113 Å². The Morgan fingerprint density at radius 3 is 2.89 bits per heavy atom. The Bertz CT molecular complexity index is 457. The molecule has 2 heterocycles. The highest BCUT2D eigenvalue weighted by atomic mass is 16.5. The quantitative estimate of drug-likeness (QED) is 0.854. The van der Waals surface area contributed by atoms with E-state index in [2.05, 4.69) is 5.10 Å². The molecule has 1 aromatic rings. The van der Waals surface area contributed by atoms with Crippen molar-refractivity contribution < 1.29 is 9.53 Å². The fourth-order valence-electron chi connectivity index (χ4n) is 2.74. The summed E-state index contributed by atoms with van der Waals surface area (Å²) in [5, 5.41) is 4.35. The maximum Gasteiger partial charge on any atom is 0.223 e. The number of methoxy groups -OCH3 is 1. The van der Waals surface area contributed by atoms with Gasteiger partial charge < -0.3 is 15.4 Å². The molecule has 6 heteroatoms. The van der Waals surface area contributed by atoms with Crippen LogP contribution in [0.2, 0.25) is 0 Å². The minimum absolute atomic E-state index is 0.0440. The second-order valence-corrected chi connectivity index (χ2v) is 5.07. The third-order valence-electron chi connectivity index (χ3n) is 3.66. The molecule has 19 heavy (non-hydrogen) atoms. The fraction of sp³-hybridized carbons (Fsp3) is 0.692. The number of carbonyl (C=O) groups is 1. The largest absolute Gasteiger partial charge is 0.383 e. The summed E-state index contributed by atoms with van der Waals surface area (Å²) in [7, 11) is 3.52. The number of carbonyl (C=O) groups excluding carboxylic acids is 1. The standard InChI is InChI=1S/C13H22N4O2/c1-9-10(8-16(2)15-9)13-11(14)4-5-12(18)17(13)6-7-19-3/h8,11,13H,4-7,14H2,1-3H3. The van der Waals surface area contributed by atoms with Crippen molar-refractivity contribution >= 4 is 5.91 Å². The van der Waals surface area contributed by atoms with Crippen molar-refractivity contribution in [3.63, 3.8) is 0 Å². The molecular weight excluding hydrogens is 244 g/mol. The van der Waals surface area contributed by atoms with E-state index in [0.717, 1.165) is 17.7 Å². The van der Waals surface area contributed by atoms with Crippen LogP contribution in [0.1, 0.15) is 30.1 Å². The van der Waals surface area contributed by atoms with E-state index in [-0.39, 0.29) is 18.0 Å². The molecule has 2 unspecified atom stereocenters. The Kier molecular flexibility index (Phi) is 4.21. The Morgan fingerprint density at radius 2 is 2.32 bits per heavy atom. The molecule has 106 valence electrons. The third-order valence-corrected chi connectivity index (χ3v) is 3.66. The lowest BCUT2D eigenvalue weighted by molar-refractivity contribution is -0.138. The summed E-state index contributed by atoms with van der Waals surface area (Å²) < 4.78 is 6.86. The lowest BCUT2D eigenvalue weighted by atomic mass is 9.91. The van der Waals surface area contributed by atoms with Crippen LogP contribution in [0, 0.1) is 6.92 Å². The molecule has 2 atom stereocenters. The smallest absolute Gasteiger partial charge is 0.223 e. The first-order chi connectivity index (χ1) is 9.04. The molecule has 6 nitrogen and oxygen atoms in total. The predicted octanol–water partition coefficient (Wildman–Crippen LogP) is 0.366. The van der Waals surface area contributed by atoms with Gasteiger partial charge in [0.05, 0.1) is 18.3 Å². The zero-order valence-corrected chi connectivity index (χ0v) is 11.8. The molecule has 1 aliphatic heterocycles. The van der Waals surface area contributed by atoms with E-state index in [1.807, 2.05) is 25.1 Å². The lowest BCUT2D eigenvalue weighted by Crippen LogP contribution is -2.50. The number of hydrogen-bond donors (Lipinski definition) is 1. The first-order valence-corrected chi connectivity index (χ1v) is 6.58. The zero-order valence-electron chi connectivity index (χ0n) is 11.8. The summed E-state index contributed by atoms with van der Waals surface area (Å²) in [4.78, 5) is 14.0. The van der Waals surface area contributed by atoms with Crippen LogP contribution in [-0.4, -0.2) is 46.9 Å². The number of hydrogen-bond acceptors (Lipinski definition) is 4. The first kappa shape index (κ1) is 14.0. The Morgan fingerprint density at radius 1 is 1.58 bits per heavy atom. The van der Waals surface area contributed by atoms with Crippen molar-refractivity contribution in [2.45, 2.75) is 31.8 Å². The van der Waals surface area contributed by atoms with Gasteiger partial charge in [-0.05, 0) is 13.3 Å². The number of nitrogens with zero attached hydrogens (tertiary/aromatic N) is 3. The summed E-state index contributed by atoms with van der Waals surface area (Å²) in [5.41, 5.74) is 8.21. The van der Waals surface area contributed by atoms with Crippen LogP contribution < -0.4 is 5.73 Å². The van der Waals surface area contributed by atoms with Crippen LogP contribution in [-0.2, 0) is 16.6 Å². The van der Waals surface area contributed by atoms with Gasteiger partial charge >= 0.3 is 0 Å². The maximum atomic E-state index is 12.1. The minimum Gasteiger partial charge on any atom is -0.383 e. The minimum atomic E-state index is -0.0925. The number of likely N-dealkylation sites (tertiary alicyclic amines) is 1. The van der Waals surface area contributed by atoms with Gasteiger partial charge in [0.1, 0.15) is 0 Å². The molecule has 1 saturated heterocycles. The van der Waals surface area contributed by atoms with Gasteiger partial charge in [-0.3, -0.25) is 9.48 Å². The van der Waals surface area contributed by atoms with E-state index in [1.54, 1.807) is 11.8 Å². The van der Waals surface area contributed by atoms with Crippen LogP contribution >= 0.6 is 0 Å². The summed E-state index contributed by atoms with van der Waals surface area (Å²) in [6.45, 7) is 3.05. The molecule has 2 N–H and O–H groups in total. The van der Waals surface area contributed by atoms with Crippen LogP contribution in [0.15, 0.2) is 6.20 Å². The van der Waals surface area contributed by atoms with Gasteiger partial charge in [-0.2, -0.15) is 5.10 Å². The Hall–Kier alpha value is -1.40. The number of ether oxygens (including phenoxy) is 1. The number of rotatable bonds is 4. The molecule has 1 amide bonds. The van der Waals surface area contributed by atoms with E-state index >= 15 is 0 Å². The average molecular weight is 266 g/mol. The van der Waals surface area contributed by atoms with Gasteiger partial charge in [-0.25, -0.2) is 0 Å². The predicted molar refractivity (Wildman–Crippen MR) is 71.5 cm³/mol. The number of aromatic nitrogens is 2. The highest BCUT2D eigenvalue weighted by molar-refractivity contribution is 5.78. The maximum absolute atomic E-state index is 12.1. The first-order valence-electron chi connectivity index (χ1n) is 6.58. The van der Waals surface area contributed by atoms with Crippen molar-refractivity contribution in [3.8, 4) is 0 Å². The molecular formula is C13H22N4O2. The van der Waals surface area contributed by atoms with Crippen LogP contribution in [0.3, 0.4) is 0 Å². The molecule has 1 fully saturated rings. The summed E-state index contributed by atoms with van der Waals surface area (Å²) in [6.07, 6.45) is 3.19. The summed E-state index contributed by atoms with van der Waals surface area (Å²) in [6, 6.07) is -0.137. The van der Waals surface area contributed by atoms with E-state index in [4.69, 9.17) is 10.5 Å². The molecule has 0 aliphatic carbocycles. The normalized spacial score (nSPS) is 24.0. The average Bonchev–Trinajstić information content (AvgIpc) is 2.69. The van der Waals surface area contributed by atoms with Gasteiger partial charge in [0.25, 0.3) is 0 Å². The lowest BCUT2D eigenvalue weighted by Gasteiger charge is -2.39. The second kappa shape index (κ2) is 5.71. The zero-order chi connectivity index (χ0) is 14.0. The van der Waals surface area contributed by atoms with Crippen molar-refractivity contribution in [2.24, 2.45) is 12.8 Å². The van der Waals surface area contributed by atoms with Crippen molar-refractivity contribution in [2.75, 3.05) is 20.3 Å². The number of piperidine rings is 1. The molecule has 0 radical (unpaired) electrons. The monoisotopic (exact) mass is 266 g/mol. The fourth-order valence-corrected chi connectivity index (χ4v) is 2.74. The van der Waals surface area contributed by atoms with Gasteiger partial charge in [-0.1, -0.05) is 0 Å².